The molecule has 3 rings (SSSR count). The van der Waals surface area contributed by atoms with E-state index in [1.165, 1.54) is 4.57 Å². The standard InChI is InChI=1S/C20H25N5O2/c1-13-18(22-15(3)24(4)20(13)27)12-19(26)21-10-7-11-25-14(2)16-8-5-6-9-17(16)23-25/h5-6,8-9H,7,10-12H2,1-4H3,(H,21,26). The molecule has 0 atom stereocenters. The van der Waals surface area contributed by atoms with Crippen molar-refractivity contribution < 1.29 is 4.79 Å². The molecule has 1 amide bonds. The maximum Gasteiger partial charge on any atom is 0.256 e. The number of nitrogens with zero attached hydrogens (tertiary/aromatic N) is 4. The minimum absolute atomic E-state index is 0.105. The Kier molecular flexibility index (Phi) is 5.39. The molecule has 0 saturated carbocycles. The maximum absolute atomic E-state index is 12.2. The molecule has 0 aliphatic rings. The summed E-state index contributed by atoms with van der Waals surface area (Å²) < 4.78 is 3.47. The zero-order valence-electron chi connectivity index (χ0n) is 16.2. The normalized spacial score (nSPS) is 11.1. The minimum atomic E-state index is -0.124. The van der Waals surface area contributed by atoms with E-state index in [1.54, 1.807) is 20.9 Å². The van der Waals surface area contributed by atoms with Crippen LogP contribution in [0.15, 0.2) is 29.1 Å². The Morgan fingerprint density at radius 2 is 1.93 bits per heavy atom. The molecule has 1 aromatic carbocycles. The molecule has 2 heterocycles. The quantitative estimate of drug-likeness (QED) is 0.674. The molecule has 7 nitrogen and oxygen atoms in total. The molecule has 142 valence electrons. The van der Waals surface area contributed by atoms with Gasteiger partial charge >= 0.3 is 0 Å². The fourth-order valence-corrected chi connectivity index (χ4v) is 3.15. The third kappa shape index (κ3) is 3.92. The lowest BCUT2D eigenvalue weighted by molar-refractivity contribution is -0.120. The molecule has 0 aliphatic carbocycles. The highest BCUT2D eigenvalue weighted by molar-refractivity contribution is 5.81. The van der Waals surface area contributed by atoms with Crippen molar-refractivity contribution in [2.24, 2.45) is 7.05 Å². The van der Waals surface area contributed by atoms with Gasteiger partial charge in [0, 0.05) is 36.8 Å². The second kappa shape index (κ2) is 7.73. The van der Waals surface area contributed by atoms with E-state index in [0.717, 1.165) is 29.6 Å². The molecule has 0 radical (unpaired) electrons. The highest BCUT2D eigenvalue weighted by Gasteiger charge is 2.12. The maximum atomic E-state index is 12.2. The third-order valence-corrected chi connectivity index (χ3v) is 4.95. The highest BCUT2D eigenvalue weighted by atomic mass is 16.1. The predicted molar refractivity (Wildman–Crippen MR) is 105 cm³/mol. The molecular weight excluding hydrogens is 342 g/mol. The summed E-state index contributed by atoms with van der Waals surface area (Å²) in [4.78, 5) is 28.7. The molecule has 1 N–H and O–H groups in total. The fraction of sp³-hybridized carbons (Fsp3) is 0.400. The van der Waals surface area contributed by atoms with Gasteiger partial charge in [-0.2, -0.15) is 5.10 Å². The first-order chi connectivity index (χ1) is 12.9. The van der Waals surface area contributed by atoms with Gasteiger partial charge in [0.1, 0.15) is 5.82 Å². The van der Waals surface area contributed by atoms with Crippen molar-refractivity contribution in [3.8, 4) is 0 Å². The summed E-state index contributed by atoms with van der Waals surface area (Å²) in [5.41, 5.74) is 3.08. The van der Waals surface area contributed by atoms with Crippen LogP contribution in [0.25, 0.3) is 10.9 Å². The van der Waals surface area contributed by atoms with Gasteiger partial charge in [0.2, 0.25) is 5.91 Å². The Balaban J connectivity index is 1.54. The van der Waals surface area contributed by atoms with Crippen molar-refractivity contribution in [2.75, 3.05) is 6.54 Å². The van der Waals surface area contributed by atoms with Gasteiger partial charge in [0.25, 0.3) is 5.56 Å². The van der Waals surface area contributed by atoms with Gasteiger partial charge in [-0.25, -0.2) is 4.98 Å². The average Bonchev–Trinajstić information content (AvgIpc) is 2.97. The molecule has 0 saturated heterocycles. The number of hydrogen-bond donors (Lipinski definition) is 1. The molecule has 2 aromatic heterocycles. The van der Waals surface area contributed by atoms with Crippen LogP contribution < -0.4 is 10.9 Å². The molecule has 0 spiro atoms. The number of hydrogen-bond acceptors (Lipinski definition) is 4. The molecule has 27 heavy (non-hydrogen) atoms. The van der Waals surface area contributed by atoms with Gasteiger partial charge in [-0.05, 0) is 33.3 Å². The first kappa shape index (κ1) is 18.8. The van der Waals surface area contributed by atoms with Crippen LogP contribution in [0.4, 0.5) is 0 Å². The summed E-state index contributed by atoms with van der Waals surface area (Å²) in [6, 6.07) is 8.06. The number of carbonyl (C=O) groups excluding carboxylic acids is 1. The van der Waals surface area contributed by atoms with Crippen LogP contribution >= 0.6 is 0 Å². The Morgan fingerprint density at radius 3 is 2.67 bits per heavy atom. The van der Waals surface area contributed by atoms with E-state index in [4.69, 9.17) is 0 Å². The van der Waals surface area contributed by atoms with Crippen molar-refractivity contribution in [1.82, 2.24) is 24.6 Å². The Labute approximate surface area is 158 Å². The second-order valence-electron chi connectivity index (χ2n) is 6.80. The summed E-state index contributed by atoms with van der Waals surface area (Å²) in [6.45, 7) is 6.82. The number of aryl methyl sites for hydroxylation is 3. The lowest BCUT2D eigenvalue weighted by Crippen LogP contribution is -2.30. The average molecular weight is 367 g/mol. The fourth-order valence-electron chi connectivity index (χ4n) is 3.15. The molecule has 7 heteroatoms. The van der Waals surface area contributed by atoms with E-state index < -0.39 is 0 Å². The van der Waals surface area contributed by atoms with Crippen LogP contribution in [-0.4, -0.2) is 31.8 Å². The van der Waals surface area contributed by atoms with Crippen molar-refractivity contribution in [2.45, 2.75) is 40.2 Å². The number of nitrogens with one attached hydrogen (secondary N) is 1. The minimum Gasteiger partial charge on any atom is -0.356 e. The van der Waals surface area contributed by atoms with Crippen LogP contribution in [0.3, 0.4) is 0 Å². The smallest absolute Gasteiger partial charge is 0.256 e. The molecule has 0 fully saturated rings. The zero-order chi connectivity index (χ0) is 19.6. The van der Waals surface area contributed by atoms with Gasteiger partial charge in [0.05, 0.1) is 17.6 Å². The molecule has 0 unspecified atom stereocenters. The summed E-state index contributed by atoms with van der Waals surface area (Å²) >= 11 is 0. The third-order valence-electron chi connectivity index (χ3n) is 4.95. The van der Waals surface area contributed by atoms with Gasteiger partial charge < -0.3 is 5.32 Å². The number of benzene rings is 1. The summed E-state index contributed by atoms with van der Waals surface area (Å²) in [7, 11) is 1.68. The van der Waals surface area contributed by atoms with Gasteiger partial charge in [0.15, 0.2) is 0 Å². The molecule has 3 aromatic rings. The Morgan fingerprint density at radius 1 is 1.19 bits per heavy atom. The van der Waals surface area contributed by atoms with Crippen LogP contribution in [0.5, 0.6) is 0 Å². The topological polar surface area (TPSA) is 81.8 Å². The van der Waals surface area contributed by atoms with Crippen molar-refractivity contribution in [3.05, 3.63) is 57.4 Å². The van der Waals surface area contributed by atoms with Crippen molar-refractivity contribution in [1.29, 1.82) is 0 Å². The highest BCUT2D eigenvalue weighted by Crippen LogP contribution is 2.17. The van der Waals surface area contributed by atoms with Gasteiger partial charge in [-0.15, -0.1) is 0 Å². The Hall–Kier alpha value is -2.96. The van der Waals surface area contributed by atoms with Gasteiger partial charge in [-0.3, -0.25) is 18.8 Å². The summed E-state index contributed by atoms with van der Waals surface area (Å²) in [6.07, 6.45) is 0.899. The summed E-state index contributed by atoms with van der Waals surface area (Å²) in [5.74, 6) is 0.482. The van der Waals surface area contributed by atoms with E-state index >= 15 is 0 Å². The van der Waals surface area contributed by atoms with Gasteiger partial charge in [-0.1, -0.05) is 18.2 Å². The number of aromatic nitrogens is 4. The summed E-state index contributed by atoms with van der Waals surface area (Å²) in [5, 5.41) is 8.66. The number of amides is 1. The Bertz CT molecular complexity index is 1050. The van der Waals surface area contributed by atoms with E-state index in [1.807, 2.05) is 22.9 Å². The first-order valence-electron chi connectivity index (χ1n) is 9.10. The van der Waals surface area contributed by atoms with Crippen LogP contribution in [0, 0.1) is 20.8 Å². The molecule has 0 bridgehead atoms. The molecular formula is C20H25N5O2. The van der Waals surface area contributed by atoms with E-state index in [9.17, 15) is 9.59 Å². The van der Waals surface area contributed by atoms with E-state index in [2.05, 4.69) is 28.4 Å². The van der Waals surface area contributed by atoms with E-state index in [-0.39, 0.29) is 17.9 Å². The first-order valence-corrected chi connectivity index (χ1v) is 9.10. The van der Waals surface area contributed by atoms with Crippen LogP contribution in [0.2, 0.25) is 0 Å². The van der Waals surface area contributed by atoms with Crippen molar-refractivity contribution in [3.63, 3.8) is 0 Å². The number of rotatable bonds is 6. The predicted octanol–water partition coefficient (Wildman–Crippen LogP) is 1.80. The van der Waals surface area contributed by atoms with Crippen LogP contribution in [0.1, 0.15) is 29.2 Å². The lowest BCUT2D eigenvalue weighted by atomic mass is 10.2. The second-order valence-corrected chi connectivity index (χ2v) is 6.80. The van der Waals surface area contributed by atoms with Crippen LogP contribution in [-0.2, 0) is 24.8 Å². The zero-order valence-corrected chi connectivity index (χ0v) is 16.2. The SMILES string of the molecule is Cc1c(CC(=O)NCCCn2nc3ccccc3c2C)nc(C)n(C)c1=O. The lowest BCUT2D eigenvalue weighted by Gasteiger charge is -2.10. The monoisotopic (exact) mass is 367 g/mol. The van der Waals surface area contributed by atoms with E-state index in [0.29, 0.717) is 23.6 Å². The number of carbonyl (C=O) groups is 1. The number of fused-ring (bicyclic) bond motifs is 1. The largest absolute Gasteiger partial charge is 0.356 e. The van der Waals surface area contributed by atoms with Crippen molar-refractivity contribution >= 4 is 16.8 Å². The molecule has 0 aliphatic heterocycles.